The summed E-state index contributed by atoms with van der Waals surface area (Å²) >= 11 is 0. The van der Waals surface area contributed by atoms with Crippen molar-refractivity contribution >= 4 is 0 Å². The SMILES string of the molecule is CC(F)(F)CC(F)(F)C1CC2C=CC1C2. The molecule has 1 saturated carbocycles. The minimum atomic E-state index is -3.28. The van der Waals surface area contributed by atoms with Crippen LogP contribution in [0.15, 0.2) is 12.2 Å². The second-order valence-corrected chi connectivity index (χ2v) is 4.89. The summed E-state index contributed by atoms with van der Waals surface area (Å²) in [5, 5.41) is 0. The molecule has 0 saturated heterocycles. The van der Waals surface area contributed by atoms with Gasteiger partial charge < -0.3 is 0 Å². The lowest BCUT2D eigenvalue weighted by atomic mass is 9.85. The molecule has 0 spiro atoms. The first-order valence-electron chi connectivity index (χ1n) is 5.22. The minimum absolute atomic E-state index is 0.188. The summed E-state index contributed by atoms with van der Waals surface area (Å²) in [6, 6.07) is 0. The molecule has 0 amide bonds. The van der Waals surface area contributed by atoms with Crippen molar-refractivity contribution in [2.45, 2.75) is 38.0 Å². The van der Waals surface area contributed by atoms with Crippen LogP contribution in [0.3, 0.4) is 0 Å². The summed E-state index contributed by atoms with van der Waals surface area (Å²) in [5.74, 6) is -7.39. The van der Waals surface area contributed by atoms with Crippen molar-refractivity contribution in [1.82, 2.24) is 0 Å². The fourth-order valence-corrected chi connectivity index (χ4v) is 2.81. The van der Waals surface area contributed by atoms with E-state index in [0.717, 1.165) is 6.42 Å². The zero-order valence-corrected chi connectivity index (χ0v) is 8.52. The van der Waals surface area contributed by atoms with Crippen molar-refractivity contribution in [3.05, 3.63) is 12.2 Å². The molecule has 0 aliphatic heterocycles. The van der Waals surface area contributed by atoms with Crippen molar-refractivity contribution in [1.29, 1.82) is 0 Å². The lowest BCUT2D eigenvalue weighted by Crippen LogP contribution is -2.36. The largest absolute Gasteiger partial charge is 0.257 e. The third kappa shape index (κ3) is 2.18. The maximum Gasteiger partial charge on any atom is 0.257 e. The zero-order valence-electron chi connectivity index (χ0n) is 8.52. The topological polar surface area (TPSA) is 0 Å². The van der Waals surface area contributed by atoms with Gasteiger partial charge in [-0.3, -0.25) is 0 Å². The molecule has 0 heterocycles. The lowest BCUT2D eigenvalue weighted by molar-refractivity contribution is -0.138. The average Bonchev–Trinajstić information content (AvgIpc) is 2.58. The molecule has 15 heavy (non-hydrogen) atoms. The molecule has 0 N–H and O–H groups in total. The van der Waals surface area contributed by atoms with E-state index in [2.05, 4.69) is 0 Å². The highest BCUT2D eigenvalue weighted by Crippen LogP contribution is 2.52. The quantitative estimate of drug-likeness (QED) is 0.502. The fourth-order valence-electron chi connectivity index (χ4n) is 2.81. The Morgan fingerprint density at radius 3 is 2.20 bits per heavy atom. The van der Waals surface area contributed by atoms with Crippen LogP contribution in [-0.4, -0.2) is 11.8 Å². The zero-order chi connectivity index (χ0) is 11.3. The van der Waals surface area contributed by atoms with Gasteiger partial charge in [-0.05, 0) is 31.6 Å². The molecule has 86 valence electrons. The summed E-state index contributed by atoms with van der Waals surface area (Å²) < 4.78 is 52.4. The van der Waals surface area contributed by atoms with E-state index in [0.29, 0.717) is 13.3 Å². The number of hydrogen-bond donors (Lipinski definition) is 0. The molecule has 0 aromatic heterocycles. The van der Waals surface area contributed by atoms with Crippen LogP contribution in [-0.2, 0) is 0 Å². The number of alkyl halides is 4. The Morgan fingerprint density at radius 2 is 1.80 bits per heavy atom. The molecule has 3 atom stereocenters. The van der Waals surface area contributed by atoms with E-state index in [1.807, 2.05) is 6.08 Å². The van der Waals surface area contributed by atoms with Crippen LogP contribution >= 0.6 is 0 Å². The lowest BCUT2D eigenvalue weighted by Gasteiger charge is -2.30. The van der Waals surface area contributed by atoms with Gasteiger partial charge in [0.15, 0.2) is 0 Å². The van der Waals surface area contributed by atoms with E-state index in [1.165, 1.54) is 0 Å². The van der Waals surface area contributed by atoms with Crippen LogP contribution in [0.5, 0.6) is 0 Å². The summed E-state index contributed by atoms with van der Waals surface area (Å²) in [5.41, 5.74) is 0. The Hall–Kier alpha value is -0.540. The van der Waals surface area contributed by atoms with Crippen molar-refractivity contribution in [2.24, 2.45) is 17.8 Å². The average molecular weight is 222 g/mol. The molecule has 2 rings (SSSR count). The smallest absolute Gasteiger partial charge is 0.207 e. The van der Waals surface area contributed by atoms with Gasteiger partial charge in [0.05, 0.1) is 6.42 Å². The maximum atomic E-state index is 13.6. The molecule has 4 heteroatoms. The molecule has 3 unspecified atom stereocenters. The van der Waals surface area contributed by atoms with Gasteiger partial charge in [-0.15, -0.1) is 0 Å². The van der Waals surface area contributed by atoms with Crippen LogP contribution < -0.4 is 0 Å². The summed E-state index contributed by atoms with van der Waals surface area (Å²) in [6.07, 6.45) is 3.46. The van der Waals surface area contributed by atoms with Gasteiger partial charge in [-0.2, -0.15) is 0 Å². The summed E-state index contributed by atoms with van der Waals surface area (Å²) in [7, 11) is 0. The van der Waals surface area contributed by atoms with E-state index in [4.69, 9.17) is 0 Å². The highest BCUT2D eigenvalue weighted by atomic mass is 19.3. The van der Waals surface area contributed by atoms with Crippen LogP contribution in [0, 0.1) is 17.8 Å². The third-order valence-electron chi connectivity index (χ3n) is 3.37. The minimum Gasteiger partial charge on any atom is -0.207 e. The van der Waals surface area contributed by atoms with Crippen LogP contribution in [0.25, 0.3) is 0 Å². The van der Waals surface area contributed by atoms with Crippen molar-refractivity contribution in [2.75, 3.05) is 0 Å². The number of hydrogen-bond acceptors (Lipinski definition) is 0. The molecule has 2 aliphatic rings. The van der Waals surface area contributed by atoms with Crippen molar-refractivity contribution in [3.8, 4) is 0 Å². The Morgan fingerprint density at radius 1 is 1.13 bits per heavy atom. The van der Waals surface area contributed by atoms with Crippen LogP contribution in [0.1, 0.15) is 26.2 Å². The number of fused-ring (bicyclic) bond motifs is 2. The third-order valence-corrected chi connectivity index (χ3v) is 3.37. The Balaban J connectivity index is 2.06. The summed E-state index contributed by atoms with van der Waals surface area (Å²) in [6.45, 7) is 0.559. The van der Waals surface area contributed by atoms with Gasteiger partial charge >= 0.3 is 0 Å². The van der Waals surface area contributed by atoms with E-state index < -0.39 is 24.2 Å². The second kappa shape index (κ2) is 3.22. The first kappa shape index (κ1) is 11.0. The highest BCUT2D eigenvalue weighted by Gasteiger charge is 2.53. The molecular formula is C11H14F4. The van der Waals surface area contributed by atoms with Gasteiger partial charge in [0.2, 0.25) is 0 Å². The standard InChI is InChI=1S/C11H14F4/c1-10(12,13)6-11(14,15)9-5-7-2-3-8(9)4-7/h2-3,7-9H,4-6H2,1H3. The predicted molar refractivity (Wildman–Crippen MR) is 49.0 cm³/mol. The molecule has 2 bridgehead atoms. The molecular weight excluding hydrogens is 208 g/mol. The molecule has 0 aromatic rings. The Bertz CT molecular complexity index is 277. The van der Waals surface area contributed by atoms with Crippen LogP contribution in [0.2, 0.25) is 0 Å². The van der Waals surface area contributed by atoms with Gasteiger partial charge in [-0.25, -0.2) is 17.6 Å². The van der Waals surface area contributed by atoms with Gasteiger partial charge in [0.1, 0.15) is 0 Å². The monoisotopic (exact) mass is 222 g/mol. The first-order chi connectivity index (χ1) is 6.78. The molecule has 1 fully saturated rings. The maximum absolute atomic E-state index is 13.6. The Kier molecular flexibility index (Phi) is 2.36. The van der Waals surface area contributed by atoms with E-state index in [-0.39, 0.29) is 11.8 Å². The number of rotatable bonds is 3. The van der Waals surface area contributed by atoms with Gasteiger partial charge in [0, 0.05) is 5.92 Å². The molecule has 0 radical (unpaired) electrons. The van der Waals surface area contributed by atoms with Crippen molar-refractivity contribution in [3.63, 3.8) is 0 Å². The van der Waals surface area contributed by atoms with Crippen LogP contribution in [0.4, 0.5) is 17.6 Å². The second-order valence-electron chi connectivity index (χ2n) is 4.89. The molecule has 0 nitrogen and oxygen atoms in total. The van der Waals surface area contributed by atoms with Crippen molar-refractivity contribution < 1.29 is 17.6 Å². The molecule has 2 aliphatic carbocycles. The Labute approximate surface area is 86.3 Å². The first-order valence-corrected chi connectivity index (χ1v) is 5.22. The predicted octanol–water partition coefficient (Wildman–Crippen LogP) is 3.88. The number of halogens is 4. The van der Waals surface area contributed by atoms with E-state index >= 15 is 0 Å². The number of allylic oxidation sites excluding steroid dienone is 2. The normalized spacial score (nSPS) is 35.1. The summed E-state index contributed by atoms with van der Waals surface area (Å²) in [4.78, 5) is 0. The highest BCUT2D eigenvalue weighted by molar-refractivity contribution is 5.12. The molecule has 0 aromatic carbocycles. The van der Waals surface area contributed by atoms with E-state index in [9.17, 15) is 17.6 Å². The van der Waals surface area contributed by atoms with Gasteiger partial charge in [-0.1, -0.05) is 12.2 Å². The fraction of sp³-hybridized carbons (Fsp3) is 0.818. The van der Waals surface area contributed by atoms with Gasteiger partial charge in [0.25, 0.3) is 11.8 Å². The van der Waals surface area contributed by atoms with E-state index in [1.54, 1.807) is 6.08 Å².